The fraction of sp³-hybridized carbons (Fsp3) is 0.312. The van der Waals surface area contributed by atoms with Crippen LogP contribution >= 0.6 is 36.4 Å². The molecule has 2 aromatic rings. The smallest absolute Gasteiger partial charge is 0.214 e. The fourth-order valence-electron chi connectivity index (χ4n) is 2.48. The van der Waals surface area contributed by atoms with Gasteiger partial charge in [-0.2, -0.15) is 0 Å². The van der Waals surface area contributed by atoms with Crippen LogP contribution < -0.4 is 15.8 Å². The Morgan fingerprint density at radius 1 is 1.26 bits per heavy atom. The van der Waals surface area contributed by atoms with E-state index in [2.05, 4.69) is 10.3 Å². The standard InChI is InChI=1S/C16H18ClN3O.2ClH/c17-16-14(12-2-1-3-13(18)8-12)4-5-15(20-16)21-10-11-6-7-19-9-11;;/h1-5,8,11,19H,6-7,9-10,18H2;2*1H/t11-;;/m1../s1. The van der Waals surface area contributed by atoms with Crippen LogP contribution in [0.5, 0.6) is 5.88 Å². The lowest BCUT2D eigenvalue weighted by molar-refractivity contribution is 0.251. The number of aromatic nitrogens is 1. The normalized spacial score (nSPS) is 16.3. The predicted molar refractivity (Wildman–Crippen MR) is 100 cm³/mol. The molecule has 0 saturated carbocycles. The van der Waals surface area contributed by atoms with Gasteiger partial charge in [-0.25, -0.2) is 4.98 Å². The Morgan fingerprint density at radius 3 is 2.74 bits per heavy atom. The Hall–Kier alpha value is -1.20. The van der Waals surface area contributed by atoms with E-state index in [1.54, 1.807) is 0 Å². The van der Waals surface area contributed by atoms with E-state index in [0.29, 0.717) is 29.2 Å². The molecule has 0 bridgehead atoms. The van der Waals surface area contributed by atoms with Gasteiger partial charge >= 0.3 is 0 Å². The molecule has 1 aromatic heterocycles. The zero-order chi connectivity index (χ0) is 14.7. The van der Waals surface area contributed by atoms with Crippen molar-refractivity contribution in [2.75, 3.05) is 25.4 Å². The van der Waals surface area contributed by atoms with Crippen LogP contribution in [-0.4, -0.2) is 24.7 Å². The van der Waals surface area contributed by atoms with Gasteiger partial charge in [-0.3, -0.25) is 0 Å². The second-order valence-corrected chi connectivity index (χ2v) is 5.64. The van der Waals surface area contributed by atoms with E-state index in [1.165, 1.54) is 0 Å². The van der Waals surface area contributed by atoms with Gasteiger partial charge in [0, 0.05) is 29.8 Å². The maximum atomic E-state index is 6.27. The summed E-state index contributed by atoms with van der Waals surface area (Å²) in [6, 6.07) is 11.4. The highest BCUT2D eigenvalue weighted by Gasteiger charge is 2.15. The maximum absolute atomic E-state index is 6.27. The third-order valence-electron chi connectivity index (χ3n) is 3.65. The average molecular weight is 377 g/mol. The quantitative estimate of drug-likeness (QED) is 0.629. The van der Waals surface area contributed by atoms with Gasteiger partial charge in [0.05, 0.1) is 6.61 Å². The van der Waals surface area contributed by atoms with E-state index in [-0.39, 0.29) is 24.8 Å². The molecule has 1 fully saturated rings. The summed E-state index contributed by atoms with van der Waals surface area (Å²) >= 11 is 6.27. The van der Waals surface area contributed by atoms with Crippen molar-refractivity contribution in [3.63, 3.8) is 0 Å². The van der Waals surface area contributed by atoms with Crippen molar-refractivity contribution in [3.05, 3.63) is 41.6 Å². The summed E-state index contributed by atoms with van der Waals surface area (Å²) in [7, 11) is 0. The van der Waals surface area contributed by atoms with Crippen molar-refractivity contribution in [1.82, 2.24) is 10.3 Å². The lowest BCUT2D eigenvalue weighted by Gasteiger charge is -2.11. The molecule has 0 radical (unpaired) electrons. The van der Waals surface area contributed by atoms with Crippen molar-refractivity contribution in [2.45, 2.75) is 6.42 Å². The van der Waals surface area contributed by atoms with Crippen LogP contribution in [0.3, 0.4) is 0 Å². The van der Waals surface area contributed by atoms with Crippen LogP contribution in [0, 0.1) is 5.92 Å². The molecule has 0 spiro atoms. The van der Waals surface area contributed by atoms with Crippen LogP contribution in [0.15, 0.2) is 36.4 Å². The highest BCUT2D eigenvalue weighted by molar-refractivity contribution is 6.32. The first kappa shape index (κ1) is 19.8. The van der Waals surface area contributed by atoms with Gasteiger partial charge in [0.15, 0.2) is 0 Å². The van der Waals surface area contributed by atoms with Crippen LogP contribution in [0.25, 0.3) is 11.1 Å². The summed E-state index contributed by atoms with van der Waals surface area (Å²) in [5, 5.41) is 3.75. The summed E-state index contributed by atoms with van der Waals surface area (Å²) in [4.78, 5) is 4.32. The molecule has 1 aliphatic heterocycles. The molecule has 1 aliphatic rings. The number of benzene rings is 1. The summed E-state index contributed by atoms with van der Waals surface area (Å²) in [5.41, 5.74) is 8.32. The Kier molecular flexibility index (Phi) is 7.92. The first-order valence-corrected chi connectivity index (χ1v) is 7.46. The minimum atomic E-state index is 0. The van der Waals surface area contributed by atoms with Gasteiger partial charge in [-0.15, -0.1) is 24.8 Å². The van der Waals surface area contributed by atoms with Gasteiger partial charge in [0.1, 0.15) is 5.15 Å². The second kappa shape index (κ2) is 9.18. The molecule has 7 heteroatoms. The first-order valence-electron chi connectivity index (χ1n) is 7.08. The molecule has 3 N–H and O–H groups in total. The van der Waals surface area contributed by atoms with E-state index < -0.39 is 0 Å². The number of nitrogens with zero attached hydrogens (tertiary/aromatic N) is 1. The molecule has 23 heavy (non-hydrogen) atoms. The number of pyridine rings is 1. The minimum Gasteiger partial charge on any atom is -0.477 e. The Labute approximate surface area is 153 Å². The number of rotatable bonds is 4. The Bertz CT molecular complexity index is 634. The molecule has 1 saturated heterocycles. The number of nitrogens with two attached hydrogens (primary N) is 1. The molecule has 0 amide bonds. The van der Waals surface area contributed by atoms with Crippen LogP contribution in [-0.2, 0) is 0 Å². The van der Waals surface area contributed by atoms with Crippen molar-refractivity contribution < 1.29 is 4.74 Å². The molecule has 1 atom stereocenters. The van der Waals surface area contributed by atoms with E-state index in [1.807, 2.05) is 36.4 Å². The van der Waals surface area contributed by atoms with Gasteiger partial charge in [-0.05, 0) is 36.7 Å². The molecular weight excluding hydrogens is 357 g/mol. The topological polar surface area (TPSA) is 60.2 Å². The number of anilines is 1. The first-order chi connectivity index (χ1) is 10.2. The molecule has 126 valence electrons. The number of ether oxygens (including phenoxy) is 1. The largest absolute Gasteiger partial charge is 0.477 e. The Balaban J connectivity index is 0.00000132. The van der Waals surface area contributed by atoms with Gasteiger partial charge < -0.3 is 15.8 Å². The molecule has 1 aromatic carbocycles. The SMILES string of the molecule is Cl.Cl.Nc1cccc(-c2ccc(OC[C@@H]3CCNC3)nc2Cl)c1. The monoisotopic (exact) mass is 375 g/mol. The molecular formula is C16H20Cl3N3O. The van der Waals surface area contributed by atoms with E-state index in [4.69, 9.17) is 22.1 Å². The predicted octanol–water partition coefficient (Wildman–Crippen LogP) is 3.82. The van der Waals surface area contributed by atoms with Gasteiger partial charge in [0.2, 0.25) is 5.88 Å². The lowest BCUT2D eigenvalue weighted by atomic mass is 10.1. The molecule has 2 heterocycles. The van der Waals surface area contributed by atoms with Crippen LogP contribution in [0.4, 0.5) is 5.69 Å². The van der Waals surface area contributed by atoms with E-state index >= 15 is 0 Å². The highest BCUT2D eigenvalue weighted by atomic mass is 35.5. The fourth-order valence-corrected chi connectivity index (χ4v) is 2.73. The minimum absolute atomic E-state index is 0. The summed E-state index contributed by atoms with van der Waals surface area (Å²) < 4.78 is 5.73. The Morgan fingerprint density at radius 2 is 2.09 bits per heavy atom. The van der Waals surface area contributed by atoms with Crippen molar-refractivity contribution in [1.29, 1.82) is 0 Å². The number of hydrogen-bond donors (Lipinski definition) is 2. The third-order valence-corrected chi connectivity index (χ3v) is 3.94. The molecule has 4 nitrogen and oxygen atoms in total. The number of nitrogens with one attached hydrogen (secondary N) is 1. The third kappa shape index (κ3) is 5.15. The van der Waals surface area contributed by atoms with Crippen molar-refractivity contribution in [3.8, 4) is 17.0 Å². The maximum Gasteiger partial charge on any atom is 0.214 e. The van der Waals surface area contributed by atoms with Crippen molar-refractivity contribution >= 4 is 42.1 Å². The van der Waals surface area contributed by atoms with Gasteiger partial charge in [0.25, 0.3) is 0 Å². The lowest BCUT2D eigenvalue weighted by Crippen LogP contribution is -2.15. The molecule has 3 rings (SSSR count). The number of hydrogen-bond acceptors (Lipinski definition) is 4. The van der Waals surface area contributed by atoms with E-state index in [0.717, 1.165) is 30.6 Å². The second-order valence-electron chi connectivity index (χ2n) is 5.28. The number of halogens is 3. The number of nitrogen functional groups attached to an aromatic ring is 1. The van der Waals surface area contributed by atoms with Crippen LogP contribution in [0.2, 0.25) is 5.15 Å². The highest BCUT2D eigenvalue weighted by Crippen LogP contribution is 2.29. The summed E-state index contributed by atoms with van der Waals surface area (Å²) in [6.45, 7) is 2.75. The van der Waals surface area contributed by atoms with Crippen molar-refractivity contribution in [2.24, 2.45) is 5.92 Å². The zero-order valence-electron chi connectivity index (χ0n) is 12.5. The van der Waals surface area contributed by atoms with Crippen LogP contribution in [0.1, 0.15) is 6.42 Å². The summed E-state index contributed by atoms with van der Waals surface area (Å²) in [6.07, 6.45) is 1.15. The average Bonchev–Trinajstić information content (AvgIpc) is 2.98. The molecule has 0 unspecified atom stereocenters. The van der Waals surface area contributed by atoms with Gasteiger partial charge in [-0.1, -0.05) is 23.7 Å². The molecule has 0 aliphatic carbocycles. The summed E-state index contributed by atoms with van der Waals surface area (Å²) in [5.74, 6) is 1.12. The zero-order valence-corrected chi connectivity index (χ0v) is 14.9. The van der Waals surface area contributed by atoms with E-state index in [9.17, 15) is 0 Å².